The van der Waals surface area contributed by atoms with Crippen LogP contribution in [0, 0.1) is 0 Å². The Hall–Kier alpha value is -2.23. The second kappa shape index (κ2) is 6.64. The van der Waals surface area contributed by atoms with Crippen molar-refractivity contribution in [2.45, 2.75) is 6.42 Å². The van der Waals surface area contributed by atoms with Gasteiger partial charge in [0.1, 0.15) is 5.75 Å². The highest BCUT2D eigenvalue weighted by atomic mass is 16.5. The molecule has 4 nitrogen and oxygen atoms in total. The smallest absolute Gasteiger partial charge is 0.118 e. The summed E-state index contributed by atoms with van der Waals surface area (Å²) in [7, 11) is 3.57. The Morgan fingerprint density at radius 3 is 2.53 bits per heavy atom. The van der Waals surface area contributed by atoms with Crippen LogP contribution in [0.3, 0.4) is 0 Å². The SMILES string of the molecule is CNc1cncc(NCCc2ccc(OC)cc2)c1. The average Bonchev–Trinajstić information content (AvgIpc) is 2.48. The van der Waals surface area contributed by atoms with Crippen LogP contribution in [0.5, 0.6) is 5.75 Å². The summed E-state index contributed by atoms with van der Waals surface area (Å²) in [5, 5.41) is 6.43. The fraction of sp³-hybridized carbons (Fsp3) is 0.267. The van der Waals surface area contributed by atoms with Gasteiger partial charge in [-0.3, -0.25) is 4.98 Å². The second-order valence-corrected chi connectivity index (χ2v) is 4.24. The summed E-state index contributed by atoms with van der Waals surface area (Å²) in [5.74, 6) is 0.891. The van der Waals surface area contributed by atoms with Crippen LogP contribution in [0.15, 0.2) is 42.7 Å². The van der Waals surface area contributed by atoms with Gasteiger partial charge in [-0.25, -0.2) is 0 Å². The van der Waals surface area contributed by atoms with Crippen molar-refractivity contribution in [1.29, 1.82) is 0 Å². The van der Waals surface area contributed by atoms with E-state index in [-0.39, 0.29) is 0 Å². The van der Waals surface area contributed by atoms with Crippen LogP contribution in [0.25, 0.3) is 0 Å². The van der Waals surface area contributed by atoms with E-state index in [1.54, 1.807) is 13.3 Å². The van der Waals surface area contributed by atoms with Gasteiger partial charge in [0.05, 0.1) is 30.9 Å². The normalized spacial score (nSPS) is 10.0. The topological polar surface area (TPSA) is 46.2 Å². The van der Waals surface area contributed by atoms with Gasteiger partial charge in [-0.05, 0) is 30.2 Å². The van der Waals surface area contributed by atoms with Gasteiger partial charge in [0, 0.05) is 13.6 Å². The van der Waals surface area contributed by atoms with E-state index in [4.69, 9.17) is 4.74 Å². The molecule has 2 aromatic rings. The van der Waals surface area contributed by atoms with Crippen molar-refractivity contribution in [3.8, 4) is 5.75 Å². The fourth-order valence-corrected chi connectivity index (χ4v) is 1.82. The Balaban J connectivity index is 1.85. The molecule has 0 amide bonds. The quantitative estimate of drug-likeness (QED) is 0.835. The molecule has 0 atom stereocenters. The molecule has 0 fully saturated rings. The lowest BCUT2D eigenvalue weighted by molar-refractivity contribution is 0.414. The number of pyridine rings is 1. The molecular weight excluding hydrogens is 238 g/mol. The van der Waals surface area contributed by atoms with Crippen LogP contribution >= 0.6 is 0 Å². The third-order valence-corrected chi connectivity index (χ3v) is 2.93. The largest absolute Gasteiger partial charge is 0.497 e. The lowest BCUT2D eigenvalue weighted by atomic mass is 10.1. The van der Waals surface area contributed by atoms with Gasteiger partial charge in [0.2, 0.25) is 0 Å². The second-order valence-electron chi connectivity index (χ2n) is 4.24. The van der Waals surface area contributed by atoms with Crippen LogP contribution in [-0.2, 0) is 6.42 Å². The first-order valence-corrected chi connectivity index (χ1v) is 6.31. The summed E-state index contributed by atoms with van der Waals surface area (Å²) in [5.41, 5.74) is 3.32. The number of aromatic nitrogens is 1. The van der Waals surface area contributed by atoms with Crippen molar-refractivity contribution in [3.63, 3.8) is 0 Å². The molecule has 1 heterocycles. The molecule has 1 aromatic heterocycles. The molecule has 0 saturated heterocycles. The monoisotopic (exact) mass is 257 g/mol. The summed E-state index contributed by atoms with van der Waals surface area (Å²) in [6.45, 7) is 0.876. The zero-order valence-corrected chi connectivity index (χ0v) is 11.3. The third-order valence-electron chi connectivity index (χ3n) is 2.93. The molecule has 1 aromatic carbocycles. The van der Waals surface area contributed by atoms with Crippen molar-refractivity contribution in [2.75, 3.05) is 31.3 Å². The maximum atomic E-state index is 5.14. The molecule has 0 radical (unpaired) electrons. The van der Waals surface area contributed by atoms with Crippen molar-refractivity contribution in [2.24, 2.45) is 0 Å². The van der Waals surface area contributed by atoms with Crippen LogP contribution < -0.4 is 15.4 Å². The average molecular weight is 257 g/mol. The molecule has 0 bridgehead atoms. The van der Waals surface area contributed by atoms with Crippen molar-refractivity contribution >= 4 is 11.4 Å². The molecular formula is C15H19N3O. The first-order valence-electron chi connectivity index (χ1n) is 6.31. The number of rotatable bonds is 6. The van der Waals surface area contributed by atoms with E-state index in [1.165, 1.54) is 5.56 Å². The van der Waals surface area contributed by atoms with E-state index >= 15 is 0 Å². The Morgan fingerprint density at radius 2 is 1.84 bits per heavy atom. The molecule has 0 aliphatic carbocycles. The minimum absolute atomic E-state index is 0.876. The predicted molar refractivity (Wildman–Crippen MR) is 79.0 cm³/mol. The number of hydrogen-bond acceptors (Lipinski definition) is 4. The van der Waals surface area contributed by atoms with Crippen molar-refractivity contribution in [1.82, 2.24) is 4.98 Å². The highest BCUT2D eigenvalue weighted by Gasteiger charge is 1.97. The minimum Gasteiger partial charge on any atom is -0.497 e. The van der Waals surface area contributed by atoms with Crippen LogP contribution in [-0.4, -0.2) is 25.7 Å². The summed E-state index contributed by atoms with van der Waals surface area (Å²) in [6.07, 6.45) is 4.59. The number of hydrogen-bond donors (Lipinski definition) is 2. The number of ether oxygens (including phenoxy) is 1. The van der Waals surface area contributed by atoms with Gasteiger partial charge in [-0.1, -0.05) is 12.1 Å². The minimum atomic E-state index is 0.876. The molecule has 0 unspecified atom stereocenters. The summed E-state index contributed by atoms with van der Waals surface area (Å²) < 4.78 is 5.14. The highest BCUT2D eigenvalue weighted by Crippen LogP contribution is 2.14. The van der Waals surface area contributed by atoms with E-state index in [0.29, 0.717) is 0 Å². The van der Waals surface area contributed by atoms with E-state index < -0.39 is 0 Å². The van der Waals surface area contributed by atoms with Crippen molar-refractivity contribution in [3.05, 3.63) is 48.3 Å². The first-order chi connectivity index (χ1) is 9.31. The van der Waals surface area contributed by atoms with E-state index in [0.717, 1.165) is 30.1 Å². The van der Waals surface area contributed by atoms with Gasteiger partial charge in [-0.15, -0.1) is 0 Å². The third kappa shape index (κ3) is 3.88. The maximum Gasteiger partial charge on any atom is 0.118 e. The lowest BCUT2D eigenvalue weighted by Crippen LogP contribution is -2.05. The molecule has 2 rings (SSSR count). The number of anilines is 2. The molecule has 19 heavy (non-hydrogen) atoms. The van der Waals surface area contributed by atoms with Crippen LogP contribution in [0.1, 0.15) is 5.56 Å². The Kier molecular flexibility index (Phi) is 4.61. The standard InChI is InChI=1S/C15H19N3O/c1-16-13-9-14(11-17-10-13)18-8-7-12-3-5-15(19-2)6-4-12/h3-6,9-11,16,18H,7-8H2,1-2H3. The van der Waals surface area contributed by atoms with Gasteiger partial charge in [0.25, 0.3) is 0 Å². The Bertz CT molecular complexity index is 511. The Labute approximate surface area is 113 Å². The zero-order chi connectivity index (χ0) is 13.5. The van der Waals surface area contributed by atoms with Gasteiger partial charge in [0.15, 0.2) is 0 Å². The van der Waals surface area contributed by atoms with E-state index in [2.05, 4.69) is 27.8 Å². The van der Waals surface area contributed by atoms with Crippen molar-refractivity contribution < 1.29 is 4.74 Å². The number of nitrogens with one attached hydrogen (secondary N) is 2. The first kappa shape index (κ1) is 13.2. The van der Waals surface area contributed by atoms with Gasteiger partial charge < -0.3 is 15.4 Å². The molecule has 0 saturated carbocycles. The maximum absolute atomic E-state index is 5.14. The predicted octanol–water partition coefficient (Wildman–Crippen LogP) is 2.79. The van der Waals surface area contributed by atoms with Gasteiger partial charge >= 0.3 is 0 Å². The van der Waals surface area contributed by atoms with E-state index in [1.807, 2.05) is 31.4 Å². The number of benzene rings is 1. The van der Waals surface area contributed by atoms with Crippen LogP contribution in [0.4, 0.5) is 11.4 Å². The van der Waals surface area contributed by atoms with Gasteiger partial charge in [-0.2, -0.15) is 0 Å². The Morgan fingerprint density at radius 1 is 1.11 bits per heavy atom. The summed E-state index contributed by atoms with van der Waals surface area (Å²) in [6, 6.07) is 10.2. The lowest BCUT2D eigenvalue weighted by Gasteiger charge is -2.08. The molecule has 2 N–H and O–H groups in total. The van der Waals surface area contributed by atoms with E-state index in [9.17, 15) is 0 Å². The zero-order valence-electron chi connectivity index (χ0n) is 11.3. The molecule has 0 aliphatic heterocycles. The molecule has 4 heteroatoms. The molecule has 0 spiro atoms. The summed E-state index contributed by atoms with van der Waals surface area (Å²) in [4.78, 5) is 4.16. The van der Waals surface area contributed by atoms with Crippen LogP contribution in [0.2, 0.25) is 0 Å². The molecule has 0 aliphatic rings. The summed E-state index contributed by atoms with van der Waals surface area (Å²) >= 11 is 0. The fourth-order valence-electron chi connectivity index (χ4n) is 1.82. The molecule has 100 valence electrons. The number of nitrogens with zero attached hydrogens (tertiary/aromatic N) is 1. The number of methoxy groups -OCH3 is 1. The highest BCUT2D eigenvalue weighted by molar-refractivity contribution is 5.53.